The maximum atomic E-state index is 5.60. The molecule has 4 heterocycles. The van der Waals surface area contributed by atoms with Crippen LogP contribution in [0.1, 0.15) is 16.4 Å². The van der Waals surface area contributed by atoms with Crippen LogP contribution < -0.4 is 0 Å². The lowest BCUT2D eigenvalue weighted by molar-refractivity contribution is 0.0684. The van der Waals surface area contributed by atoms with Crippen LogP contribution in [-0.2, 0) is 11.2 Å². The highest BCUT2D eigenvalue weighted by Crippen LogP contribution is 2.29. The van der Waals surface area contributed by atoms with Crippen LogP contribution in [0.3, 0.4) is 0 Å². The van der Waals surface area contributed by atoms with Gasteiger partial charge in [0.1, 0.15) is 6.33 Å². The summed E-state index contributed by atoms with van der Waals surface area (Å²) in [4.78, 5) is 12.2. The molecule has 0 amide bonds. The molecule has 7 nitrogen and oxygen atoms in total. The summed E-state index contributed by atoms with van der Waals surface area (Å²) in [6.07, 6.45) is 2.22. The highest BCUT2D eigenvalue weighted by molar-refractivity contribution is 7.80. The molecule has 0 atom stereocenters. The summed E-state index contributed by atoms with van der Waals surface area (Å²) in [7, 11) is 0. The summed E-state index contributed by atoms with van der Waals surface area (Å²) in [6, 6.07) is 2.14. The number of aromatic nitrogens is 5. The monoisotopic (exact) mass is 388 g/mol. The Hall–Kier alpha value is -2.10. The van der Waals surface area contributed by atoms with Gasteiger partial charge >= 0.3 is 0 Å². The lowest BCUT2D eigenvalue weighted by Crippen LogP contribution is -2.40. The number of H-pyrrole nitrogens is 1. The molecule has 1 aliphatic heterocycles. The van der Waals surface area contributed by atoms with Gasteiger partial charge in [-0.1, -0.05) is 12.2 Å². The second-order valence-electron chi connectivity index (χ2n) is 6.23. The third kappa shape index (κ3) is 3.29. The molecule has 9 heteroatoms. The molecule has 1 aliphatic rings. The number of hydrogen-bond acceptors (Lipinski definition) is 6. The third-order valence-corrected chi connectivity index (χ3v) is 5.79. The van der Waals surface area contributed by atoms with Crippen LogP contribution in [-0.4, -0.2) is 60.9 Å². The number of morpholine rings is 1. The van der Waals surface area contributed by atoms with Crippen LogP contribution in [0.5, 0.6) is 0 Å². The van der Waals surface area contributed by atoms with Crippen LogP contribution in [0, 0.1) is 13.8 Å². The SMILES string of the molecule is Cc1cc(-c2csc(CC(=S)N3CCOCC3)n2)c(C)n1-c1ncn[nH]1. The number of nitrogens with one attached hydrogen (secondary N) is 1. The number of hydrogen-bond donors (Lipinski definition) is 1. The van der Waals surface area contributed by atoms with Crippen molar-refractivity contribution in [3.8, 4) is 17.2 Å². The van der Waals surface area contributed by atoms with Gasteiger partial charge in [-0.05, 0) is 19.9 Å². The van der Waals surface area contributed by atoms with Crippen molar-refractivity contribution in [2.24, 2.45) is 0 Å². The van der Waals surface area contributed by atoms with E-state index in [2.05, 4.69) is 49.9 Å². The summed E-state index contributed by atoms with van der Waals surface area (Å²) in [5, 5.41) is 10.0. The molecule has 4 rings (SSSR count). The zero-order valence-corrected chi connectivity index (χ0v) is 16.4. The van der Waals surface area contributed by atoms with E-state index in [4.69, 9.17) is 21.9 Å². The molecule has 0 unspecified atom stereocenters. The standard InChI is InChI=1S/C17H20N6OS2/c1-11-7-13(12(2)23(11)17-18-10-19-21-17)14-9-26-15(20-14)8-16(25)22-3-5-24-6-4-22/h7,9-10H,3-6,8H2,1-2H3,(H,18,19,21). The average molecular weight is 389 g/mol. The molecular weight excluding hydrogens is 368 g/mol. The van der Waals surface area contributed by atoms with Gasteiger partial charge in [0.15, 0.2) is 0 Å². The summed E-state index contributed by atoms with van der Waals surface area (Å²) >= 11 is 7.26. The Morgan fingerprint density at radius 3 is 2.88 bits per heavy atom. The second kappa shape index (κ2) is 7.26. The van der Waals surface area contributed by atoms with Crippen molar-refractivity contribution >= 4 is 28.5 Å². The first-order chi connectivity index (χ1) is 12.6. The minimum atomic E-state index is 0.709. The third-order valence-electron chi connectivity index (χ3n) is 4.54. The molecule has 0 radical (unpaired) electrons. The molecule has 0 saturated carbocycles. The predicted octanol–water partition coefficient (Wildman–Crippen LogP) is 2.54. The summed E-state index contributed by atoms with van der Waals surface area (Å²) in [5.41, 5.74) is 4.27. The van der Waals surface area contributed by atoms with Gasteiger partial charge in [0, 0.05) is 35.4 Å². The van der Waals surface area contributed by atoms with Gasteiger partial charge in [-0.2, -0.15) is 10.1 Å². The zero-order valence-electron chi connectivity index (χ0n) is 14.7. The molecule has 0 spiro atoms. The fourth-order valence-corrected chi connectivity index (χ4v) is 4.43. The van der Waals surface area contributed by atoms with Gasteiger partial charge in [0.2, 0.25) is 5.95 Å². The van der Waals surface area contributed by atoms with Crippen molar-refractivity contribution in [2.75, 3.05) is 26.3 Å². The van der Waals surface area contributed by atoms with Crippen LogP contribution in [0.15, 0.2) is 17.8 Å². The minimum absolute atomic E-state index is 0.709. The van der Waals surface area contributed by atoms with E-state index in [0.29, 0.717) is 6.42 Å². The smallest absolute Gasteiger partial charge is 0.229 e. The number of thiocarbonyl (C=S) groups is 1. The number of rotatable bonds is 4. The van der Waals surface area contributed by atoms with Crippen LogP contribution in [0.2, 0.25) is 0 Å². The Labute approximate surface area is 161 Å². The molecule has 1 fully saturated rings. The van der Waals surface area contributed by atoms with E-state index in [-0.39, 0.29) is 0 Å². The molecule has 136 valence electrons. The molecule has 0 aromatic carbocycles. The van der Waals surface area contributed by atoms with E-state index in [0.717, 1.165) is 64.9 Å². The number of nitrogens with zero attached hydrogens (tertiary/aromatic N) is 5. The number of thiazole rings is 1. The summed E-state index contributed by atoms with van der Waals surface area (Å²) in [6.45, 7) is 7.36. The van der Waals surface area contributed by atoms with E-state index in [1.807, 2.05) is 0 Å². The van der Waals surface area contributed by atoms with Gasteiger partial charge in [0.05, 0.1) is 35.3 Å². The van der Waals surface area contributed by atoms with E-state index in [1.165, 1.54) is 6.33 Å². The lowest BCUT2D eigenvalue weighted by Gasteiger charge is -2.28. The Balaban J connectivity index is 1.55. The maximum Gasteiger partial charge on any atom is 0.229 e. The van der Waals surface area contributed by atoms with E-state index in [9.17, 15) is 0 Å². The Morgan fingerprint density at radius 2 is 2.15 bits per heavy atom. The van der Waals surface area contributed by atoms with Crippen LogP contribution in [0.25, 0.3) is 17.2 Å². The number of aromatic amines is 1. The van der Waals surface area contributed by atoms with Crippen LogP contribution in [0.4, 0.5) is 0 Å². The van der Waals surface area contributed by atoms with Crippen molar-refractivity contribution in [1.82, 2.24) is 29.6 Å². The summed E-state index contributed by atoms with van der Waals surface area (Å²) < 4.78 is 7.45. The fraction of sp³-hybridized carbons (Fsp3) is 0.412. The maximum absolute atomic E-state index is 5.60. The van der Waals surface area contributed by atoms with Gasteiger partial charge in [-0.3, -0.25) is 4.57 Å². The normalized spacial score (nSPS) is 14.8. The molecule has 26 heavy (non-hydrogen) atoms. The van der Waals surface area contributed by atoms with Crippen molar-refractivity contribution in [3.63, 3.8) is 0 Å². The largest absolute Gasteiger partial charge is 0.378 e. The Bertz CT molecular complexity index is 908. The Morgan fingerprint density at radius 1 is 1.35 bits per heavy atom. The first-order valence-electron chi connectivity index (χ1n) is 8.48. The molecular formula is C17H20N6OS2. The van der Waals surface area contributed by atoms with E-state index < -0.39 is 0 Å². The van der Waals surface area contributed by atoms with Gasteiger partial charge < -0.3 is 9.64 Å². The topological polar surface area (TPSA) is 71.9 Å². The van der Waals surface area contributed by atoms with Crippen molar-refractivity contribution in [1.29, 1.82) is 0 Å². The molecule has 1 saturated heterocycles. The molecule has 0 bridgehead atoms. The average Bonchev–Trinajstić information content (AvgIpc) is 3.37. The minimum Gasteiger partial charge on any atom is -0.378 e. The van der Waals surface area contributed by atoms with Crippen molar-refractivity contribution < 1.29 is 4.74 Å². The van der Waals surface area contributed by atoms with Gasteiger partial charge in [-0.25, -0.2) is 10.1 Å². The molecule has 0 aliphatic carbocycles. The first kappa shape index (κ1) is 17.3. The zero-order chi connectivity index (χ0) is 18.1. The fourth-order valence-electron chi connectivity index (χ4n) is 3.22. The lowest BCUT2D eigenvalue weighted by atomic mass is 10.2. The van der Waals surface area contributed by atoms with Gasteiger partial charge in [0.25, 0.3) is 0 Å². The van der Waals surface area contributed by atoms with Crippen molar-refractivity contribution in [2.45, 2.75) is 20.3 Å². The van der Waals surface area contributed by atoms with E-state index >= 15 is 0 Å². The van der Waals surface area contributed by atoms with E-state index in [1.54, 1.807) is 11.3 Å². The molecule has 1 N–H and O–H groups in total. The quantitative estimate of drug-likeness (QED) is 0.693. The highest BCUT2D eigenvalue weighted by atomic mass is 32.1. The Kier molecular flexibility index (Phi) is 4.84. The summed E-state index contributed by atoms with van der Waals surface area (Å²) in [5.74, 6) is 0.718. The highest BCUT2D eigenvalue weighted by Gasteiger charge is 2.18. The second-order valence-corrected chi connectivity index (χ2v) is 7.64. The predicted molar refractivity (Wildman–Crippen MR) is 105 cm³/mol. The van der Waals surface area contributed by atoms with Crippen molar-refractivity contribution in [3.05, 3.63) is 34.2 Å². The first-order valence-corrected chi connectivity index (χ1v) is 9.77. The molecule has 3 aromatic rings. The number of ether oxygens (including phenoxy) is 1. The molecule has 3 aromatic heterocycles. The van der Waals surface area contributed by atoms with Gasteiger partial charge in [-0.15, -0.1) is 11.3 Å². The number of aryl methyl sites for hydroxylation is 1. The van der Waals surface area contributed by atoms with Crippen LogP contribution >= 0.6 is 23.6 Å².